The number of hydrogen-bond donors (Lipinski definition) is 2. The molecule has 156 valence electrons. The van der Waals surface area contributed by atoms with Crippen molar-refractivity contribution >= 4 is 17.3 Å². The maximum Gasteiger partial charge on any atom is 0.224 e. The molecule has 0 unspecified atom stereocenters. The SMILES string of the molecule is CC(=O)N1c2ccc(-c3ccccc3)cc2[C@H](Nc2ccc(C#CCN)cc2)C[C@@H]1C. The standard InChI is InChI=1S/C27H27N3O/c1-19-17-26(29-24-13-10-21(11-14-24)7-6-16-28)25-18-23(22-8-4-3-5-9-22)12-15-27(25)30(19)20(2)31/h3-5,8-15,18-19,26,29H,16-17,28H2,1-2H3/t19-,26+/m0/s1. The number of amides is 1. The summed E-state index contributed by atoms with van der Waals surface area (Å²) in [6, 6.07) is 25.0. The fourth-order valence-electron chi connectivity index (χ4n) is 4.29. The zero-order chi connectivity index (χ0) is 21.8. The Morgan fingerprint density at radius 2 is 1.81 bits per heavy atom. The van der Waals surface area contributed by atoms with E-state index in [4.69, 9.17) is 5.73 Å². The molecule has 0 spiro atoms. The van der Waals surface area contributed by atoms with Gasteiger partial charge in [-0.2, -0.15) is 0 Å². The normalized spacial score (nSPS) is 17.3. The first-order valence-electron chi connectivity index (χ1n) is 10.6. The average molecular weight is 410 g/mol. The van der Waals surface area contributed by atoms with Gasteiger partial charge in [-0.1, -0.05) is 48.2 Å². The maximum atomic E-state index is 12.4. The van der Waals surface area contributed by atoms with Crippen molar-refractivity contribution in [3.05, 3.63) is 83.9 Å². The van der Waals surface area contributed by atoms with Gasteiger partial charge in [-0.25, -0.2) is 0 Å². The number of carbonyl (C=O) groups excluding carboxylic acids is 1. The van der Waals surface area contributed by atoms with Crippen molar-refractivity contribution < 1.29 is 4.79 Å². The Labute approximate surface area is 184 Å². The summed E-state index contributed by atoms with van der Waals surface area (Å²) in [6.45, 7) is 4.10. The zero-order valence-electron chi connectivity index (χ0n) is 17.9. The topological polar surface area (TPSA) is 58.4 Å². The van der Waals surface area contributed by atoms with Crippen molar-refractivity contribution in [2.24, 2.45) is 5.73 Å². The van der Waals surface area contributed by atoms with Gasteiger partial charge in [0, 0.05) is 29.9 Å². The van der Waals surface area contributed by atoms with Crippen LogP contribution in [0.4, 0.5) is 11.4 Å². The number of rotatable bonds is 3. The monoisotopic (exact) mass is 409 g/mol. The first-order valence-corrected chi connectivity index (χ1v) is 10.6. The fourth-order valence-corrected chi connectivity index (χ4v) is 4.29. The molecule has 0 fully saturated rings. The highest BCUT2D eigenvalue weighted by Crippen LogP contribution is 2.41. The minimum absolute atomic E-state index is 0.0718. The molecule has 4 rings (SSSR count). The minimum Gasteiger partial charge on any atom is -0.378 e. The van der Waals surface area contributed by atoms with Crippen molar-refractivity contribution in [1.82, 2.24) is 0 Å². The molecule has 0 aromatic heterocycles. The number of nitrogens with one attached hydrogen (secondary N) is 1. The summed E-state index contributed by atoms with van der Waals surface area (Å²) in [4.78, 5) is 14.3. The van der Waals surface area contributed by atoms with Gasteiger partial charge in [0.1, 0.15) is 0 Å². The van der Waals surface area contributed by atoms with Crippen LogP contribution in [0.2, 0.25) is 0 Å². The third kappa shape index (κ3) is 4.47. The van der Waals surface area contributed by atoms with Gasteiger partial charge in [0.15, 0.2) is 0 Å². The lowest BCUT2D eigenvalue weighted by Crippen LogP contribution is -2.43. The van der Waals surface area contributed by atoms with Crippen molar-refractivity contribution in [3.63, 3.8) is 0 Å². The summed E-state index contributed by atoms with van der Waals surface area (Å²) in [7, 11) is 0. The zero-order valence-corrected chi connectivity index (χ0v) is 17.9. The van der Waals surface area contributed by atoms with E-state index in [-0.39, 0.29) is 18.0 Å². The van der Waals surface area contributed by atoms with Crippen molar-refractivity contribution in [3.8, 4) is 23.0 Å². The number of nitrogens with zero attached hydrogens (tertiary/aromatic N) is 1. The first kappa shape index (κ1) is 20.7. The van der Waals surface area contributed by atoms with E-state index in [1.165, 1.54) is 5.56 Å². The molecule has 0 bridgehead atoms. The van der Waals surface area contributed by atoms with E-state index in [2.05, 4.69) is 54.4 Å². The van der Waals surface area contributed by atoms with Gasteiger partial charge in [0.05, 0.1) is 12.6 Å². The molecule has 0 aliphatic carbocycles. The van der Waals surface area contributed by atoms with Crippen LogP contribution >= 0.6 is 0 Å². The second-order valence-electron chi connectivity index (χ2n) is 7.89. The Kier molecular flexibility index (Phi) is 6.06. The van der Waals surface area contributed by atoms with E-state index in [0.29, 0.717) is 6.54 Å². The van der Waals surface area contributed by atoms with Crippen LogP contribution in [0.5, 0.6) is 0 Å². The van der Waals surface area contributed by atoms with Gasteiger partial charge >= 0.3 is 0 Å². The molecule has 4 nitrogen and oxygen atoms in total. The highest BCUT2D eigenvalue weighted by atomic mass is 16.2. The molecular weight excluding hydrogens is 382 g/mol. The number of carbonyl (C=O) groups is 1. The van der Waals surface area contributed by atoms with Gasteiger partial charge in [0.25, 0.3) is 0 Å². The summed E-state index contributed by atoms with van der Waals surface area (Å²) in [5.74, 6) is 6.01. The van der Waals surface area contributed by atoms with Crippen LogP contribution in [-0.4, -0.2) is 18.5 Å². The number of hydrogen-bond acceptors (Lipinski definition) is 3. The van der Waals surface area contributed by atoms with E-state index in [1.807, 2.05) is 47.4 Å². The summed E-state index contributed by atoms with van der Waals surface area (Å²) in [5, 5.41) is 3.68. The lowest BCUT2D eigenvalue weighted by atomic mass is 9.89. The van der Waals surface area contributed by atoms with Crippen LogP contribution in [0.3, 0.4) is 0 Å². The second kappa shape index (κ2) is 9.07. The molecule has 3 aromatic rings. The predicted octanol–water partition coefficient (Wildman–Crippen LogP) is 4.96. The fraction of sp³-hybridized carbons (Fsp3) is 0.222. The number of benzene rings is 3. The molecule has 31 heavy (non-hydrogen) atoms. The van der Waals surface area contributed by atoms with Crippen LogP contribution in [-0.2, 0) is 4.79 Å². The Morgan fingerprint density at radius 1 is 1.06 bits per heavy atom. The lowest BCUT2D eigenvalue weighted by molar-refractivity contribution is -0.117. The Bertz CT molecular complexity index is 1130. The largest absolute Gasteiger partial charge is 0.378 e. The number of nitrogens with two attached hydrogens (primary N) is 1. The van der Waals surface area contributed by atoms with Gasteiger partial charge in [-0.15, -0.1) is 0 Å². The second-order valence-corrected chi connectivity index (χ2v) is 7.89. The van der Waals surface area contributed by atoms with Crippen LogP contribution in [0.15, 0.2) is 72.8 Å². The number of fused-ring (bicyclic) bond motifs is 1. The molecule has 0 saturated carbocycles. The average Bonchev–Trinajstić information content (AvgIpc) is 2.78. The summed E-state index contributed by atoms with van der Waals surface area (Å²) in [6.07, 6.45) is 0.833. The van der Waals surface area contributed by atoms with Crippen LogP contribution in [0.1, 0.15) is 37.4 Å². The van der Waals surface area contributed by atoms with E-state index in [1.54, 1.807) is 6.92 Å². The third-order valence-electron chi connectivity index (χ3n) is 5.69. The Balaban J connectivity index is 1.70. The molecule has 2 atom stereocenters. The Hall–Kier alpha value is -3.55. The molecule has 1 heterocycles. The maximum absolute atomic E-state index is 12.4. The highest BCUT2D eigenvalue weighted by molar-refractivity contribution is 5.94. The number of anilines is 2. The van der Waals surface area contributed by atoms with Crippen LogP contribution in [0.25, 0.3) is 11.1 Å². The molecule has 1 amide bonds. The molecular formula is C27H27N3O. The first-order chi connectivity index (χ1) is 15.1. The smallest absolute Gasteiger partial charge is 0.224 e. The van der Waals surface area contributed by atoms with Gasteiger partial charge < -0.3 is 16.0 Å². The van der Waals surface area contributed by atoms with Gasteiger partial charge in [-0.05, 0) is 66.4 Å². The van der Waals surface area contributed by atoms with Crippen molar-refractivity contribution in [1.29, 1.82) is 0 Å². The summed E-state index contributed by atoms with van der Waals surface area (Å²) in [5.41, 5.74) is 11.9. The van der Waals surface area contributed by atoms with Gasteiger partial charge in [-0.3, -0.25) is 4.79 Å². The molecule has 1 aliphatic rings. The Morgan fingerprint density at radius 3 is 2.48 bits per heavy atom. The van der Waals surface area contributed by atoms with Crippen LogP contribution < -0.4 is 16.0 Å². The highest BCUT2D eigenvalue weighted by Gasteiger charge is 2.32. The van der Waals surface area contributed by atoms with E-state index in [0.717, 1.165) is 34.5 Å². The summed E-state index contributed by atoms with van der Waals surface area (Å²) >= 11 is 0. The van der Waals surface area contributed by atoms with E-state index >= 15 is 0 Å². The van der Waals surface area contributed by atoms with Crippen LogP contribution in [0, 0.1) is 11.8 Å². The lowest BCUT2D eigenvalue weighted by Gasteiger charge is -2.39. The summed E-state index contributed by atoms with van der Waals surface area (Å²) < 4.78 is 0. The third-order valence-corrected chi connectivity index (χ3v) is 5.69. The van der Waals surface area contributed by atoms with Crippen molar-refractivity contribution in [2.45, 2.75) is 32.4 Å². The quantitative estimate of drug-likeness (QED) is 0.601. The van der Waals surface area contributed by atoms with Crippen molar-refractivity contribution in [2.75, 3.05) is 16.8 Å². The molecule has 1 aliphatic heterocycles. The molecule has 4 heteroatoms. The molecule has 3 N–H and O–H groups in total. The van der Waals surface area contributed by atoms with E-state index in [9.17, 15) is 4.79 Å². The van der Waals surface area contributed by atoms with E-state index < -0.39 is 0 Å². The molecule has 3 aromatic carbocycles. The minimum atomic E-state index is 0.0718. The molecule has 0 saturated heterocycles. The predicted molar refractivity (Wildman–Crippen MR) is 128 cm³/mol. The molecule has 0 radical (unpaired) electrons. The van der Waals surface area contributed by atoms with Gasteiger partial charge in [0.2, 0.25) is 5.91 Å².